The van der Waals surface area contributed by atoms with Gasteiger partial charge in [0.2, 0.25) is 23.6 Å². The zero-order valence-corrected chi connectivity index (χ0v) is 37.4. The van der Waals surface area contributed by atoms with E-state index in [1.54, 1.807) is 35.2 Å². The number of hydrogen-bond acceptors (Lipinski definition) is 8. The molecule has 0 spiro atoms. The first-order valence-corrected chi connectivity index (χ1v) is 22.2. The Bertz CT molecular complexity index is 2370. The summed E-state index contributed by atoms with van der Waals surface area (Å²) in [7, 11) is 0. The molecule has 17 nitrogen and oxygen atoms in total. The van der Waals surface area contributed by atoms with E-state index in [1.807, 2.05) is 91.0 Å². The number of aliphatic imine (C=N–C) groups is 1. The minimum atomic E-state index is -5.08. The van der Waals surface area contributed by atoms with Crippen molar-refractivity contribution in [3.63, 3.8) is 0 Å². The molecule has 0 bridgehead atoms. The zero-order chi connectivity index (χ0) is 50.1. The van der Waals surface area contributed by atoms with Crippen molar-refractivity contribution in [3.05, 3.63) is 144 Å². The quantitative estimate of drug-likeness (QED) is 0.0383. The molecule has 2 saturated heterocycles. The van der Waals surface area contributed by atoms with Crippen LogP contribution in [-0.2, 0) is 35.2 Å². The number of benzene rings is 4. The summed E-state index contributed by atoms with van der Waals surface area (Å²) in [6.07, 6.45) is -3.72. The number of fused-ring (bicyclic) bond motifs is 1. The van der Waals surface area contributed by atoms with E-state index in [0.29, 0.717) is 31.2 Å². The molecule has 2 fully saturated rings. The van der Waals surface area contributed by atoms with Crippen molar-refractivity contribution in [2.24, 2.45) is 22.4 Å². The molecule has 366 valence electrons. The van der Waals surface area contributed by atoms with Crippen molar-refractivity contribution in [1.29, 1.82) is 0 Å². The number of carboxylic acid groups (broad SMARTS) is 2. The van der Waals surface area contributed by atoms with Crippen LogP contribution in [0.15, 0.2) is 126 Å². The third-order valence-corrected chi connectivity index (χ3v) is 11.8. The first-order valence-electron chi connectivity index (χ1n) is 22.2. The van der Waals surface area contributed by atoms with Crippen molar-refractivity contribution >= 4 is 47.4 Å². The van der Waals surface area contributed by atoms with E-state index in [1.165, 1.54) is 0 Å². The number of nitrogens with two attached hydrogens (primary N) is 2. The van der Waals surface area contributed by atoms with Crippen LogP contribution < -0.4 is 32.7 Å². The predicted octanol–water partition coefficient (Wildman–Crippen LogP) is 3.49. The number of rotatable bonds is 19. The van der Waals surface area contributed by atoms with Crippen LogP contribution in [0.3, 0.4) is 0 Å². The molecule has 4 aromatic carbocycles. The topological polar surface area (TPSA) is 276 Å². The van der Waals surface area contributed by atoms with Crippen LogP contribution in [-0.4, -0.2) is 112 Å². The number of carboxylic acids is 2. The molecule has 6 rings (SSSR count). The van der Waals surface area contributed by atoms with E-state index in [4.69, 9.17) is 21.4 Å². The first-order chi connectivity index (χ1) is 32.9. The van der Waals surface area contributed by atoms with E-state index < -0.39 is 78.2 Å². The summed E-state index contributed by atoms with van der Waals surface area (Å²) >= 11 is 0. The van der Waals surface area contributed by atoms with Crippen molar-refractivity contribution in [2.45, 2.75) is 87.2 Å². The van der Waals surface area contributed by atoms with Gasteiger partial charge in [-0.1, -0.05) is 109 Å². The maximum Gasteiger partial charge on any atom is 0.490 e. The number of hydrogen-bond donors (Lipinski definition) is 8. The lowest BCUT2D eigenvalue weighted by Crippen LogP contribution is -2.61. The lowest BCUT2D eigenvalue weighted by Gasteiger charge is -2.39. The normalized spacial score (nSPS) is 18.3. The van der Waals surface area contributed by atoms with Crippen LogP contribution >= 0.6 is 0 Å². The highest BCUT2D eigenvalue weighted by atomic mass is 19.4. The number of guanidine groups is 1. The molecular formula is C49H55F3N8O9. The standard InChI is InChI=1S/C47H54N8O7.C2HF3O2/c48-47(49)50-25-13-22-36(44(60)54-38(28-41(56)57)43(59)51-29-35(31-16-7-2-8-17-31)32-18-9-3-10-19-32)52-45(61)40-27-34(26-30-14-5-1-6-15-30)39-24-23-37(46(62)55(39)40)53-42(58)33-20-11-4-12-21-33;3-2(4,5)1(6)7/h1-12,14-21,34-40H,13,22-29H2,(H,51,59)(H,52,61)(H,53,58)(H,54,60)(H,56,57)(H4,48,49,50);(H,6,7)/t34-,36+,37-,38+,39?,40+;/m1./s1. The van der Waals surface area contributed by atoms with E-state index in [-0.39, 0.29) is 49.8 Å². The van der Waals surface area contributed by atoms with Crippen LogP contribution in [0.5, 0.6) is 0 Å². The molecule has 4 aromatic rings. The van der Waals surface area contributed by atoms with Gasteiger partial charge in [0.15, 0.2) is 5.96 Å². The molecule has 0 aliphatic carbocycles. The average molecular weight is 957 g/mol. The molecule has 5 amide bonds. The lowest BCUT2D eigenvalue weighted by molar-refractivity contribution is -0.192. The van der Waals surface area contributed by atoms with E-state index in [9.17, 15) is 47.0 Å². The Morgan fingerprint density at radius 1 is 0.754 bits per heavy atom. The molecular weight excluding hydrogens is 902 g/mol. The maximum atomic E-state index is 14.5. The smallest absolute Gasteiger partial charge is 0.481 e. The van der Waals surface area contributed by atoms with Gasteiger partial charge in [0.25, 0.3) is 5.91 Å². The highest BCUT2D eigenvalue weighted by Gasteiger charge is 2.51. The molecule has 1 unspecified atom stereocenters. The number of aliphatic carboxylic acids is 2. The Balaban J connectivity index is 0.00000118. The number of nitrogens with zero attached hydrogens (tertiary/aromatic N) is 2. The molecule has 6 atom stereocenters. The van der Waals surface area contributed by atoms with E-state index in [2.05, 4.69) is 26.3 Å². The summed E-state index contributed by atoms with van der Waals surface area (Å²) in [4.78, 5) is 96.4. The molecule has 2 aliphatic rings. The molecule has 10 N–H and O–H groups in total. The summed E-state index contributed by atoms with van der Waals surface area (Å²) in [5.74, 6) is -7.50. The van der Waals surface area contributed by atoms with Crippen LogP contribution in [0.25, 0.3) is 0 Å². The van der Waals surface area contributed by atoms with Crippen LogP contribution in [0.1, 0.15) is 71.5 Å². The van der Waals surface area contributed by atoms with Crippen molar-refractivity contribution in [3.8, 4) is 0 Å². The Labute approximate surface area is 395 Å². The van der Waals surface area contributed by atoms with Crippen LogP contribution in [0, 0.1) is 5.92 Å². The molecule has 0 radical (unpaired) electrons. The highest BCUT2D eigenvalue weighted by Crippen LogP contribution is 2.39. The second-order valence-corrected chi connectivity index (χ2v) is 16.6. The van der Waals surface area contributed by atoms with Gasteiger partial charge in [0.1, 0.15) is 24.2 Å². The van der Waals surface area contributed by atoms with Crippen molar-refractivity contribution in [1.82, 2.24) is 26.2 Å². The van der Waals surface area contributed by atoms with Gasteiger partial charge in [-0.15, -0.1) is 0 Å². The van der Waals surface area contributed by atoms with Gasteiger partial charge in [-0.25, -0.2) is 4.79 Å². The van der Waals surface area contributed by atoms with E-state index >= 15 is 0 Å². The second kappa shape index (κ2) is 24.8. The highest BCUT2D eigenvalue weighted by molar-refractivity contribution is 6.00. The molecule has 2 aliphatic heterocycles. The van der Waals surface area contributed by atoms with Crippen molar-refractivity contribution in [2.75, 3.05) is 13.1 Å². The number of piperidine rings is 1. The monoisotopic (exact) mass is 956 g/mol. The molecule has 0 saturated carbocycles. The fourth-order valence-electron chi connectivity index (χ4n) is 8.50. The maximum absolute atomic E-state index is 14.5. The summed E-state index contributed by atoms with van der Waals surface area (Å²) in [6.45, 7) is 0.237. The Kier molecular flexibility index (Phi) is 18.8. The first kappa shape index (κ1) is 52.2. The third-order valence-electron chi connectivity index (χ3n) is 11.8. The molecule has 2 heterocycles. The molecule has 20 heteroatoms. The summed E-state index contributed by atoms with van der Waals surface area (Å²) in [6, 6.07) is 32.5. The van der Waals surface area contributed by atoms with Gasteiger partial charge in [-0.3, -0.25) is 33.8 Å². The zero-order valence-electron chi connectivity index (χ0n) is 37.4. The Morgan fingerprint density at radius 3 is 1.84 bits per heavy atom. The van der Waals surface area contributed by atoms with Crippen LogP contribution in [0.2, 0.25) is 0 Å². The van der Waals surface area contributed by atoms with Gasteiger partial charge in [-0.05, 0) is 73.3 Å². The van der Waals surface area contributed by atoms with Gasteiger partial charge in [0.05, 0.1) is 6.42 Å². The van der Waals surface area contributed by atoms with Gasteiger partial charge >= 0.3 is 18.1 Å². The minimum absolute atomic E-state index is 0.0210. The fraction of sp³-hybridized carbons (Fsp3) is 0.347. The largest absolute Gasteiger partial charge is 0.490 e. The van der Waals surface area contributed by atoms with Gasteiger partial charge in [-0.2, -0.15) is 13.2 Å². The number of carbonyl (C=O) groups is 7. The predicted molar refractivity (Wildman–Crippen MR) is 247 cm³/mol. The van der Waals surface area contributed by atoms with E-state index in [0.717, 1.165) is 16.7 Å². The van der Waals surface area contributed by atoms with Gasteiger partial charge < -0.3 is 47.8 Å². The summed E-state index contributed by atoms with van der Waals surface area (Å²) in [5.41, 5.74) is 14.4. The average Bonchev–Trinajstić information content (AvgIpc) is 3.70. The Hall–Kier alpha value is -7.77. The Morgan fingerprint density at radius 2 is 1.30 bits per heavy atom. The summed E-state index contributed by atoms with van der Waals surface area (Å²) in [5, 5.41) is 28.1. The number of halogens is 3. The molecule has 69 heavy (non-hydrogen) atoms. The third kappa shape index (κ3) is 15.4. The molecule has 0 aromatic heterocycles. The lowest BCUT2D eigenvalue weighted by atomic mass is 9.86. The number of nitrogens with one attached hydrogen (secondary N) is 4. The number of carbonyl (C=O) groups excluding carboxylic acids is 5. The van der Waals surface area contributed by atoms with Crippen molar-refractivity contribution < 1.29 is 56.9 Å². The minimum Gasteiger partial charge on any atom is -0.481 e. The fourth-order valence-corrected chi connectivity index (χ4v) is 8.50. The SMILES string of the molecule is NC(N)=NCCC[C@H](NC(=O)[C@@H]1C[C@@H](Cc2ccccc2)C2CC[C@@H](NC(=O)c3ccccc3)C(=O)N21)C(=O)N[C@@H](CC(=O)O)C(=O)NCC(c1ccccc1)c1ccccc1.O=C(O)C(F)(F)F. The van der Waals surface area contributed by atoms with Crippen LogP contribution in [0.4, 0.5) is 13.2 Å². The number of alkyl halides is 3. The summed E-state index contributed by atoms with van der Waals surface area (Å²) < 4.78 is 31.7. The second-order valence-electron chi connectivity index (χ2n) is 16.6. The number of amides is 5. The van der Waals surface area contributed by atoms with Gasteiger partial charge in [0, 0.05) is 30.6 Å².